The van der Waals surface area contributed by atoms with E-state index in [1.165, 1.54) is 16.0 Å². The van der Waals surface area contributed by atoms with Crippen molar-refractivity contribution in [1.29, 1.82) is 0 Å². The second kappa shape index (κ2) is 9.51. The average Bonchev–Trinajstić information content (AvgIpc) is 3.23. The zero-order valence-corrected chi connectivity index (χ0v) is 18.4. The van der Waals surface area contributed by atoms with E-state index in [2.05, 4.69) is 55.8 Å². The maximum absolute atomic E-state index is 12.8. The predicted octanol–water partition coefficient (Wildman–Crippen LogP) is 3.73. The van der Waals surface area contributed by atoms with E-state index in [4.69, 9.17) is 0 Å². The number of thiophene rings is 1. The topological polar surface area (TPSA) is 48.5 Å². The number of carbonyl (C=O) groups excluding carboxylic acids is 1. The van der Waals surface area contributed by atoms with Crippen LogP contribution >= 0.6 is 11.3 Å². The molecule has 156 valence electrons. The Balaban J connectivity index is 1.45. The van der Waals surface area contributed by atoms with Gasteiger partial charge in [-0.15, -0.1) is 11.3 Å². The van der Waals surface area contributed by atoms with Crippen LogP contribution in [0, 0.1) is 0 Å². The fourth-order valence-corrected chi connectivity index (χ4v) is 4.83. The second-order valence-corrected chi connectivity index (χ2v) is 9.00. The van der Waals surface area contributed by atoms with E-state index in [-0.39, 0.29) is 11.9 Å². The highest BCUT2D eigenvalue weighted by atomic mass is 32.1. The summed E-state index contributed by atoms with van der Waals surface area (Å²) in [5.41, 5.74) is 4.21. The Morgan fingerprint density at radius 2 is 2.03 bits per heavy atom. The normalized spacial score (nSPS) is 15.0. The molecule has 3 heterocycles. The summed E-state index contributed by atoms with van der Waals surface area (Å²) in [6.07, 6.45) is 2.74. The first-order valence-corrected chi connectivity index (χ1v) is 11.2. The lowest BCUT2D eigenvalue weighted by atomic mass is 10.0. The molecule has 1 aliphatic heterocycles. The summed E-state index contributed by atoms with van der Waals surface area (Å²) < 4.78 is 0. The molecule has 0 aliphatic carbocycles. The van der Waals surface area contributed by atoms with Gasteiger partial charge in [0, 0.05) is 37.3 Å². The minimum absolute atomic E-state index is 0.0759. The molecule has 1 aromatic carbocycles. The van der Waals surface area contributed by atoms with E-state index < -0.39 is 0 Å². The molecule has 0 radical (unpaired) electrons. The first-order valence-electron chi connectivity index (χ1n) is 10.3. The number of nitrogens with one attached hydrogen (secondary N) is 1. The summed E-state index contributed by atoms with van der Waals surface area (Å²) in [6.45, 7) is 3.26. The Morgan fingerprint density at radius 1 is 1.20 bits per heavy atom. The van der Waals surface area contributed by atoms with Crippen LogP contribution in [-0.2, 0) is 19.5 Å². The molecule has 1 unspecified atom stereocenters. The molecule has 2 aromatic heterocycles. The van der Waals surface area contributed by atoms with Gasteiger partial charge in [0.2, 0.25) is 0 Å². The molecule has 1 N–H and O–H groups in total. The van der Waals surface area contributed by atoms with Gasteiger partial charge in [-0.3, -0.25) is 14.7 Å². The summed E-state index contributed by atoms with van der Waals surface area (Å²) in [7, 11) is 4.01. The van der Waals surface area contributed by atoms with Crippen LogP contribution in [0.15, 0.2) is 60.1 Å². The first kappa shape index (κ1) is 20.7. The number of fused-ring (bicyclic) bond motifs is 1. The highest BCUT2D eigenvalue weighted by molar-refractivity contribution is 7.10. The summed E-state index contributed by atoms with van der Waals surface area (Å²) in [6, 6.07) is 16.6. The van der Waals surface area contributed by atoms with Gasteiger partial charge in [-0.1, -0.05) is 30.3 Å². The molecule has 0 bridgehead atoms. The average molecular weight is 421 g/mol. The molecule has 0 spiro atoms. The first-order chi connectivity index (χ1) is 14.6. The van der Waals surface area contributed by atoms with Gasteiger partial charge in [0.05, 0.1) is 17.3 Å². The van der Waals surface area contributed by atoms with Crippen molar-refractivity contribution in [2.45, 2.75) is 25.6 Å². The van der Waals surface area contributed by atoms with Crippen LogP contribution in [0.25, 0.3) is 0 Å². The number of rotatable bonds is 7. The number of aromatic nitrogens is 1. The van der Waals surface area contributed by atoms with Gasteiger partial charge >= 0.3 is 0 Å². The summed E-state index contributed by atoms with van der Waals surface area (Å²) in [5, 5.41) is 5.33. The Kier molecular flexibility index (Phi) is 6.57. The molecular weight excluding hydrogens is 392 g/mol. The van der Waals surface area contributed by atoms with Gasteiger partial charge in [0.1, 0.15) is 0 Å². The predicted molar refractivity (Wildman–Crippen MR) is 122 cm³/mol. The monoisotopic (exact) mass is 420 g/mol. The van der Waals surface area contributed by atoms with Crippen LogP contribution in [0.1, 0.15) is 38.1 Å². The number of hydrogen-bond donors (Lipinski definition) is 1. The molecule has 30 heavy (non-hydrogen) atoms. The van der Waals surface area contributed by atoms with Crippen molar-refractivity contribution in [1.82, 2.24) is 20.1 Å². The fraction of sp³-hybridized carbons (Fsp3) is 0.333. The van der Waals surface area contributed by atoms with Crippen molar-refractivity contribution in [2.75, 3.05) is 27.2 Å². The van der Waals surface area contributed by atoms with Crippen LogP contribution in [0.4, 0.5) is 0 Å². The third-order valence-corrected chi connectivity index (χ3v) is 6.51. The molecule has 1 aliphatic rings. The minimum Gasteiger partial charge on any atom is -0.350 e. The number of pyridine rings is 1. The van der Waals surface area contributed by atoms with E-state index >= 15 is 0 Å². The van der Waals surface area contributed by atoms with Crippen LogP contribution in [-0.4, -0.2) is 47.9 Å². The maximum atomic E-state index is 12.8. The zero-order chi connectivity index (χ0) is 20.9. The molecule has 4 rings (SSSR count). The standard InChI is InChI=1S/C24H28N4OS/c1-27(2)17-21-9-8-19(14-25-21)24(29)26-15-22(18-6-4-3-5-7-18)28-12-10-23-20(16-28)11-13-30-23/h3-9,11,13-14,22H,10,12,15-17H2,1-2H3,(H,26,29). The van der Waals surface area contributed by atoms with Gasteiger partial charge in [0.25, 0.3) is 5.91 Å². The third kappa shape index (κ3) is 4.95. The van der Waals surface area contributed by atoms with Crippen molar-refractivity contribution in [3.05, 3.63) is 87.4 Å². The number of benzene rings is 1. The number of nitrogens with zero attached hydrogens (tertiary/aromatic N) is 3. The van der Waals surface area contributed by atoms with Gasteiger partial charge in [-0.05, 0) is 55.2 Å². The van der Waals surface area contributed by atoms with Crippen molar-refractivity contribution < 1.29 is 4.79 Å². The number of carbonyl (C=O) groups is 1. The Hall–Kier alpha value is -2.54. The zero-order valence-electron chi connectivity index (χ0n) is 17.5. The lowest BCUT2D eigenvalue weighted by Crippen LogP contribution is -2.40. The molecule has 6 heteroatoms. The summed E-state index contributed by atoms with van der Waals surface area (Å²) in [4.78, 5) is 23.2. The van der Waals surface area contributed by atoms with E-state index in [1.54, 1.807) is 6.20 Å². The summed E-state index contributed by atoms with van der Waals surface area (Å²) in [5.74, 6) is -0.0759. The SMILES string of the molecule is CN(C)Cc1ccc(C(=O)NCC(c2ccccc2)N2CCc3sccc3C2)cn1. The molecule has 0 saturated heterocycles. The molecule has 0 saturated carbocycles. The van der Waals surface area contributed by atoms with Crippen LogP contribution in [0.3, 0.4) is 0 Å². The highest BCUT2D eigenvalue weighted by Crippen LogP contribution is 2.30. The lowest BCUT2D eigenvalue weighted by Gasteiger charge is -2.35. The lowest BCUT2D eigenvalue weighted by molar-refractivity contribution is 0.0927. The Morgan fingerprint density at radius 3 is 2.77 bits per heavy atom. The smallest absolute Gasteiger partial charge is 0.252 e. The quantitative estimate of drug-likeness (QED) is 0.633. The van der Waals surface area contributed by atoms with Gasteiger partial charge < -0.3 is 10.2 Å². The van der Waals surface area contributed by atoms with Crippen molar-refractivity contribution in [3.8, 4) is 0 Å². The van der Waals surface area contributed by atoms with Gasteiger partial charge in [-0.25, -0.2) is 0 Å². The summed E-state index contributed by atoms with van der Waals surface area (Å²) >= 11 is 1.85. The Labute approximate surface area is 182 Å². The Bertz CT molecular complexity index is 968. The van der Waals surface area contributed by atoms with Crippen LogP contribution in [0.5, 0.6) is 0 Å². The molecule has 5 nitrogen and oxygen atoms in total. The molecule has 1 atom stereocenters. The van der Waals surface area contributed by atoms with E-state index in [9.17, 15) is 4.79 Å². The number of hydrogen-bond acceptors (Lipinski definition) is 5. The molecule has 0 fully saturated rings. The maximum Gasteiger partial charge on any atom is 0.252 e. The second-order valence-electron chi connectivity index (χ2n) is 8.00. The molecule has 1 amide bonds. The minimum atomic E-state index is -0.0759. The third-order valence-electron chi connectivity index (χ3n) is 5.48. The van der Waals surface area contributed by atoms with E-state index in [0.29, 0.717) is 12.1 Å². The van der Waals surface area contributed by atoms with Crippen molar-refractivity contribution in [2.24, 2.45) is 0 Å². The molecule has 3 aromatic rings. The number of amides is 1. The highest BCUT2D eigenvalue weighted by Gasteiger charge is 2.26. The van der Waals surface area contributed by atoms with E-state index in [0.717, 1.165) is 31.7 Å². The van der Waals surface area contributed by atoms with Crippen molar-refractivity contribution in [3.63, 3.8) is 0 Å². The van der Waals surface area contributed by atoms with Crippen LogP contribution < -0.4 is 5.32 Å². The fourth-order valence-electron chi connectivity index (χ4n) is 3.94. The van der Waals surface area contributed by atoms with Gasteiger partial charge in [0.15, 0.2) is 0 Å². The van der Waals surface area contributed by atoms with E-state index in [1.807, 2.05) is 43.6 Å². The molecular formula is C24H28N4OS. The van der Waals surface area contributed by atoms with Crippen LogP contribution in [0.2, 0.25) is 0 Å². The van der Waals surface area contributed by atoms with Crippen molar-refractivity contribution >= 4 is 17.2 Å². The largest absolute Gasteiger partial charge is 0.350 e. The van der Waals surface area contributed by atoms with Gasteiger partial charge in [-0.2, -0.15) is 0 Å².